The number of aromatic nitrogens is 1. The zero-order valence-electron chi connectivity index (χ0n) is 18.4. The Kier molecular flexibility index (Phi) is 7.95. The van der Waals surface area contributed by atoms with Crippen molar-refractivity contribution in [1.29, 1.82) is 0 Å². The third-order valence-corrected chi connectivity index (χ3v) is 5.44. The van der Waals surface area contributed by atoms with E-state index in [-0.39, 0.29) is 17.4 Å². The molecule has 0 bridgehead atoms. The van der Waals surface area contributed by atoms with Crippen LogP contribution in [0.5, 0.6) is 0 Å². The fourth-order valence-corrected chi connectivity index (χ4v) is 3.73. The summed E-state index contributed by atoms with van der Waals surface area (Å²) in [6.45, 7) is 8.16. The summed E-state index contributed by atoms with van der Waals surface area (Å²) >= 11 is 0. The van der Waals surface area contributed by atoms with Crippen LogP contribution in [0.4, 0.5) is 4.39 Å². The van der Waals surface area contributed by atoms with Gasteiger partial charge in [0.1, 0.15) is 5.82 Å². The van der Waals surface area contributed by atoms with Crippen molar-refractivity contribution in [1.82, 2.24) is 15.4 Å². The minimum Gasteiger partial charge on any atom is -0.359 e. The summed E-state index contributed by atoms with van der Waals surface area (Å²) < 4.78 is 18.5. The van der Waals surface area contributed by atoms with E-state index >= 15 is 0 Å². The van der Waals surface area contributed by atoms with Crippen molar-refractivity contribution >= 4 is 5.91 Å². The van der Waals surface area contributed by atoms with Crippen molar-refractivity contribution in [3.8, 4) is 0 Å². The largest absolute Gasteiger partial charge is 0.359 e. The highest BCUT2D eigenvalue weighted by molar-refractivity contribution is 5.92. The Morgan fingerprint density at radius 2 is 1.81 bits per heavy atom. The highest BCUT2D eigenvalue weighted by Gasteiger charge is 2.20. The van der Waals surface area contributed by atoms with Gasteiger partial charge in [-0.3, -0.25) is 9.69 Å². The minimum atomic E-state index is -0.313. The monoisotopic (exact) mass is 423 g/mol. The lowest BCUT2D eigenvalue weighted by molar-refractivity contribution is 0.0941. The van der Waals surface area contributed by atoms with E-state index in [1.807, 2.05) is 0 Å². The number of rotatable bonds is 10. The van der Waals surface area contributed by atoms with E-state index in [0.29, 0.717) is 24.9 Å². The van der Waals surface area contributed by atoms with E-state index < -0.39 is 0 Å². The number of nitrogens with zero attached hydrogens (tertiary/aromatic N) is 2. The lowest BCUT2D eigenvalue weighted by atomic mass is 10.1. The van der Waals surface area contributed by atoms with E-state index in [1.165, 1.54) is 23.3 Å². The predicted octanol–water partition coefficient (Wildman–Crippen LogP) is 5.24. The van der Waals surface area contributed by atoms with E-state index in [4.69, 9.17) is 4.52 Å². The Balaban J connectivity index is 1.65. The van der Waals surface area contributed by atoms with Crippen LogP contribution in [0.3, 0.4) is 0 Å². The molecule has 0 spiro atoms. The van der Waals surface area contributed by atoms with Gasteiger partial charge in [-0.15, -0.1) is 0 Å². The Bertz CT molecular complexity index is 980. The minimum absolute atomic E-state index is 0.247. The van der Waals surface area contributed by atoms with Gasteiger partial charge in [0.15, 0.2) is 11.5 Å². The van der Waals surface area contributed by atoms with Crippen LogP contribution in [-0.2, 0) is 19.6 Å². The number of carbonyl (C=O) groups is 1. The Hall–Kier alpha value is -2.99. The molecule has 0 aliphatic rings. The van der Waals surface area contributed by atoms with Gasteiger partial charge in [-0.1, -0.05) is 61.0 Å². The topological polar surface area (TPSA) is 58.4 Å². The molecule has 0 unspecified atom stereocenters. The van der Waals surface area contributed by atoms with Crippen LogP contribution >= 0.6 is 0 Å². The highest BCUT2D eigenvalue weighted by atomic mass is 19.1. The molecule has 1 aromatic heterocycles. The summed E-state index contributed by atoms with van der Waals surface area (Å²) in [6, 6.07) is 16.6. The molecule has 5 nitrogen and oxygen atoms in total. The van der Waals surface area contributed by atoms with Crippen LogP contribution in [0.2, 0.25) is 0 Å². The Labute approximate surface area is 183 Å². The quantitative estimate of drug-likeness (QED) is 0.484. The number of hydrogen-bond acceptors (Lipinski definition) is 4. The molecule has 0 atom stereocenters. The molecule has 0 aliphatic carbocycles. The van der Waals surface area contributed by atoms with E-state index in [2.05, 4.69) is 60.4 Å². The van der Waals surface area contributed by atoms with Gasteiger partial charge in [0.25, 0.3) is 5.91 Å². The SMILES string of the molecule is CCC(CC)N(Cc1cccc(C)c1)Cc1cc(C(=O)NCc2ccc(F)cc2)no1. The van der Waals surface area contributed by atoms with Gasteiger partial charge in [0.05, 0.1) is 6.54 Å². The van der Waals surface area contributed by atoms with E-state index in [1.54, 1.807) is 18.2 Å². The predicted molar refractivity (Wildman–Crippen MR) is 119 cm³/mol. The van der Waals surface area contributed by atoms with Crippen molar-refractivity contribution in [2.75, 3.05) is 0 Å². The summed E-state index contributed by atoms with van der Waals surface area (Å²) in [5.74, 6) is 0.0440. The van der Waals surface area contributed by atoms with Gasteiger partial charge in [-0.05, 0) is 43.0 Å². The molecule has 164 valence electrons. The molecule has 0 aliphatic heterocycles. The fourth-order valence-electron chi connectivity index (χ4n) is 3.73. The first kappa shape index (κ1) is 22.7. The van der Waals surface area contributed by atoms with Crippen LogP contribution < -0.4 is 5.32 Å². The molecule has 3 aromatic rings. The molecular weight excluding hydrogens is 393 g/mol. The molecule has 6 heteroatoms. The van der Waals surface area contributed by atoms with E-state index in [0.717, 1.165) is 24.9 Å². The van der Waals surface area contributed by atoms with Crippen LogP contribution in [0.25, 0.3) is 0 Å². The van der Waals surface area contributed by atoms with Gasteiger partial charge in [-0.2, -0.15) is 0 Å². The number of amides is 1. The zero-order chi connectivity index (χ0) is 22.2. The normalized spacial score (nSPS) is 11.3. The standard InChI is InChI=1S/C25H30FN3O2/c1-4-22(5-2)29(16-20-8-6-7-18(3)13-20)17-23-14-24(28-31-23)25(30)27-15-19-9-11-21(26)12-10-19/h6-14,22H,4-5,15-17H2,1-3H3,(H,27,30). The summed E-state index contributed by atoms with van der Waals surface area (Å²) in [5.41, 5.74) is 3.55. The molecule has 1 heterocycles. The van der Waals surface area contributed by atoms with E-state index in [9.17, 15) is 9.18 Å². The summed E-state index contributed by atoms with van der Waals surface area (Å²) in [5, 5.41) is 6.75. The number of aryl methyl sites for hydroxylation is 1. The molecule has 0 radical (unpaired) electrons. The smallest absolute Gasteiger partial charge is 0.273 e. The molecule has 31 heavy (non-hydrogen) atoms. The van der Waals surface area contributed by atoms with Crippen LogP contribution in [0, 0.1) is 12.7 Å². The molecule has 0 saturated heterocycles. The molecule has 0 saturated carbocycles. The highest BCUT2D eigenvalue weighted by Crippen LogP contribution is 2.19. The van der Waals surface area contributed by atoms with Gasteiger partial charge in [-0.25, -0.2) is 4.39 Å². The van der Waals surface area contributed by atoms with Gasteiger partial charge < -0.3 is 9.84 Å². The molecule has 1 amide bonds. The second kappa shape index (κ2) is 10.9. The Morgan fingerprint density at radius 3 is 2.48 bits per heavy atom. The number of carbonyl (C=O) groups excluding carboxylic acids is 1. The number of benzene rings is 2. The van der Waals surface area contributed by atoms with Gasteiger partial charge in [0, 0.05) is 25.2 Å². The maximum atomic E-state index is 13.0. The van der Waals surface area contributed by atoms with Gasteiger partial charge in [0.2, 0.25) is 0 Å². The first-order valence-corrected chi connectivity index (χ1v) is 10.8. The van der Waals surface area contributed by atoms with Crippen molar-refractivity contribution in [3.05, 3.63) is 88.6 Å². The maximum absolute atomic E-state index is 13.0. The van der Waals surface area contributed by atoms with Crippen molar-refractivity contribution in [3.63, 3.8) is 0 Å². The first-order chi connectivity index (χ1) is 15.0. The van der Waals surface area contributed by atoms with Crippen LogP contribution in [-0.4, -0.2) is 22.0 Å². The third-order valence-electron chi connectivity index (χ3n) is 5.44. The molecule has 0 fully saturated rings. The molecule has 1 N–H and O–H groups in total. The Morgan fingerprint density at radius 1 is 1.06 bits per heavy atom. The number of hydrogen-bond donors (Lipinski definition) is 1. The van der Waals surface area contributed by atoms with Crippen LogP contribution in [0.15, 0.2) is 59.1 Å². The average molecular weight is 424 g/mol. The third kappa shape index (κ3) is 6.49. The van der Waals surface area contributed by atoms with Crippen molar-refractivity contribution in [2.24, 2.45) is 0 Å². The summed E-state index contributed by atoms with van der Waals surface area (Å²) in [7, 11) is 0. The van der Waals surface area contributed by atoms with Gasteiger partial charge >= 0.3 is 0 Å². The second-order valence-corrected chi connectivity index (χ2v) is 7.85. The summed E-state index contributed by atoms with van der Waals surface area (Å²) in [6.07, 6.45) is 2.06. The van der Waals surface area contributed by atoms with Crippen LogP contribution in [0.1, 0.15) is 59.6 Å². The second-order valence-electron chi connectivity index (χ2n) is 7.85. The first-order valence-electron chi connectivity index (χ1n) is 10.8. The lowest BCUT2D eigenvalue weighted by Gasteiger charge is -2.29. The maximum Gasteiger partial charge on any atom is 0.273 e. The zero-order valence-corrected chi connectivity index (χ0v) is 18.4. The number of nitrogens with one attached hydrogen (secondary N) is 1. The van der Waals surface area contributed by atoms with Crippen molar-refractivity contribution in [2.45, 2.75) is 59.3 Å². The van der Waals surface area contributed by atoms with Crippen molar-refractivity contribution < 1.29 is 13.7 Å². The lowest BCUT2D eigenvalue weighted by Crippen LogP contribution is -2.33. The fraction of sp³-hybridized carbons (Fsp3) is 0.360. The molecule has 2 aromatic carbocycles. The summed E-state index contributed by atoms with van der Waals surface area (Å²) in [4.78, 5) is 14.8. The number of halogens is 1. The molecule has 3 rings (SSSR count). The molecular formula is C25H30FN3O2. The average Bonchev–Trinajstić information content (AvgIpc) is 3.22.